The minimum absolute atomic E-state index is 0.195. The summed E-state index contributed by atoms with van der Waals surface area (Å²) in [5, 5.41) is 3.56. The van der Waals surface area contributed by atoms with Crippen molar-refractivity contribution in [1.82, 2.24) is 9.62 Å². The molecule has 0 spiro atoms. The third-order valence-corrected chi connectivity index (χ3v) is 6.02. The van der Waals surface area contributed by atoms with Gasteiger partial charge >= 0.3 is 0 Å². The fraction of sp³-hybridized carbons (Fsp3) is 1.00. The van der Waals surface area contributed by atoms with Gasteiger partial charge in [-0.3, -0.25) is 0 Å². The number of rotatable bonds is 7. The van der Waals surface area contributed by atoms with E-state index in [0.717, 1.165) is 25.8 Å². The normalized spacial score (nSPS) is 25.9. The Morgan fingerprint density at radius 3 is 2.53 bits per heavy atom. The van der Waals surface area contributed by atoms with Crippen LogP contribution < -0.4 is 5.32 Å². The highest BCUT2D eigenvalue weighted by Crippen LogP contribution is 2.23. The van der Waals surface area contributed by atoms with Crippen LogP contribution in [0.25, 0.3) is 0 Å². The van der Waals surface area contributed by atoms with E-state index in [2.05, 4.69) is 19.2 Å². The average Bonchev–Trinajstić information content (AvgIpc) is 2.34. The first-order valence-corrected chi connectivity index (χ1v) is 9.22. The second kappa shape index (κ2) is 7.60. The molecule has 0 aliphatic carbocycles. The Balaban J connectivity index is 2.63. The summed E-state index contributed by atoms with van der Waals surface area (Å²) in [5.41, 5.74) is 0. The summed E-state index contributed by atoms with van der Waals surface area (Å²) < 4.78 is 26.3. The van der Waals surface area contributed by atoms with Gasteiger partial charge in [0.05, 0.1) is 5.75 Å². The van der Waals surface area contributed by atoms with Crippen molar-refractivity contribution in [2.75, 3.05) is 25.4 Å². The standard InChI is InChI=1S/C14H30N2O2S/c1-5-8-15-14-7-9-16(10-13(14)6-2)19(17,18)11-12(3)4/h12-15H,5-11H2,1-4H3. The summed E-state index contributed by atoms with van der Waals surface area (Å²) >= 11 is 0. The van der Waals surface area contributed by atoms with Gasteiger partial charge in [-0.15, -0.1) is 0 Å². The van der Waals surface area contributed by atoms with Gasteiger partial charge in [-0.05, 0) is 31.2 Å². The molecule has 0 radical (unpaired) electrons. The van der Waals surface area contributed by atoms with Crippen LogP contribution in [0, 0.1) is 11.8 Å². The highest BCUT2D eigenvalue weighted by Gasteiger charge is 2.33. The third kappa shape index (κ3) is 5.04. The van der Waals surface area contributed by atoms with E-state index in [0.29, 0.717) is 25.0 Å². The second-order valence-corrected chi connectivity index (χ2v) is 8.06. The van der Waals surface area contributed by atoms with Crippen molar-refractivity contribution in [2.45, 2.75) is 53.0 Å². The van der Waals surface area contributed by atoms with Crippen molar-refractivity contribution in [3.8, 4) is 0 Å². The van der Waals surface area contributed by atoms with E-state index in [9.17, 15) is 8.42 Å². The van der Waals surface area contributed by atoms with Crippen LogP contribution in [0.5, 0.6) is 0 Å². The molecule has 0 bridgehead atoms. The van der Waals surface area contributed by atoms with Gasteiger partial charge in [0.25, 0.3) is 0 Å². The van der Waals surface area contributed by atoms with Crippen LogP contribution >= 0.6 is 0 Å². The molecule has 19 heavy (non-hydrogen) atoms. The highest BCUT2D eigenvalue weighted by atomic mass is 32.2. The molecule has 0 aromatic heterocycles. The van der Waals surface area contributed by atoms with E-state index in [-0.39, 0.29) is 11.7 Å². The van der Waals surface area contributed by atoms with E-state index in [4.69, 9.17) is 0 Å². The molecule has 114 valence electrons. The molecule has 1 N–H and O–H groups in total. The molecule has 0 aromatic rings. The lowest BCUT2D eigenvalue weighted by molar-refractivity contribution is 0.202. The van der Waals surface area contributed by atoms with Gasteiger partial charge in [-0.25, -0.2) is 12.7 Å². The number of nitrogens with one attached hydrogen (secondary N) is 1. The lowest BCUT2D eigenvalue weighted by atomic mass is 9.91. The molecule has 1 aliphatic heterocycles. The minimum Gasteiger partial charge on any atom is -0.314 e. The number of hydrogen-bond acceptors (Lipinski definition) is 3. The first-order valence-electron chi connectivity index (χ1n) is 7.61. The Labute approximate surface area is 119 Å². The summed E-state index contributed by atoms with van der Waals surface area (Å²) in [6.45, 7) is 10.6. The minimum atomic E-state index is -3.06. The molecular weight excluding hydrogens is 260 g/mol. The van der Waals surface area contributed by atoms with Gasteiger partial charge in [-0.2, -0.15) is 0 Å². The molecule has 1 rings (SSSR count). The smallest absolute Gasteiger partial charge is 0.214 e. The molecule has 2 atom stereocenters. The highest BCUT2D eigenvalue weighted by molar-refractivity contribution is 7.89. The van der Waals surface area contributed by atoms with Gasteiger partial charge < -0.3 is 5.32 Å². The summed E-state index contributed by atoms with van der Waals surface area (Å²) in [6, 6.07) is 0.482. The third-order valence-electron chi connectivity index (χ3n) is 3.81. The molecule has 4 nitrogen and oxygen atoms in total. The Morgan fingerprint density at radius 1 is 1.32 bits per heavy atom. The summed E-state index contributed by atoms with van der Waals surface area (Å²) in [4.78, 5) is 0. The van der Waals surface area contributed by atoms with Gasteiger partial charge in [0.15, 0.2) is 0 Å². The lowest BCUT2D eigenvalue weighted by Gasteiger charge is -2.38. The molecule has 5 heteroatoms. The molecule has 0 amide bonds. The Morgan fingerprint density at radius 2 is 2.00 bits per heavy atom. The Hall–Kier alpha value is -0.130. The number of sulfonamides is 1. The van der Waals surface area contributed by atoms with E-state index in [1.54, 1.807) is 4.31 Å². The quantitative estimate of drug-likeness (QED) is 0.781. The maximum absolute atomic E-state index is 12.3. The van der Waals surface area contributed by atoms with Crippen LogP contribution in [0.2, 0.25) is 0 Å². The first-order chi connectivity index (χ1) is 8.90. The molecular formula is C14H30N2O2S. The van der Waals surface area contributed by atoms with Crippen LogP contribution in [0.1, 0.15) is 47.0 Å². The predicted octanol–water partition coefficient (Wildman–Crippen LogP) is 2.07. The van der Waals surface area contributed by atoms with E-state index < -0.39 is 10.0 Å². The van der Waals surface area contributed by atoms with Crippen molar-refractivity contribution >= 4 is 10.0 Å². The zero-order valence-electron chi connectivity index (χ0n) is 12.9. The van der Waals surface area contributed by atoms with Crippen LogP contribution in [-0.4, -0.2) is 44.2 Å². The van der Waals surface area contributed by atoms with Crippen LogP contribution in [0.15, 0.2) is 0 Å². The largest absolute Gasteiger partial charge is 0.314 e. The van der Waals surface area contributed by atoms with Crippen molar-refractivity contribution in [3.05, 3.63) is 0 Å². The molecule has 1 fully saturated rings. The molecule has 0 aromatic carbocycles. The van der Waals surface area contributed by atoms with Gasteiger partial charge in [0.2, 0.25) is 10.0 Å². The van der Waals surface area contributed by atoms with Crippen molar-refractivity contribution < 1.29 is 8.42 Å². The van der Waals surface area contributed by atoms with Crippen LogP contribution in [0.3, 0.4) is 0 Å². The van der Waals surface area contributed by atoms with Crippen LogP contribution in [0.4, 0.5) is 0 Å². The van der Waals surface area contributed by atoms with Crippen molar-refractivity contribution in [1.29, 1.82) is 0 Å². The Bertz CT molecular complexity index is 354. The molecule has 1 aliphatic rings. The van der Waals surface area contributed by atoms with Gasteiger partial charge in [0.1, 0.15) is 0 Å². The molecule has 1 heterocycles. The first kappa shape index (κ1) is 16.9. The fourth-order valence-corrected chi connectivity index (χ4v) is 4.65. The fourth-order valence-electron chi connectivity index (χ4n) is 2.79. The number of hydrogen-bond donors (Lipinski definition) is 1. The summed E-state index contributed by atoms with van der Waals surface area (Å²) in [5.74, 6) is 0.916. The zero-order chi connectivity index (χ0) is 14.5. The Kier molecular flexibility index (Phi) is 6.77. The van der Waals surface area contributed by atoms with Crippen molar-refractivity contribution in [2.24, 2.45) is 11.8 Å². The molecule has 2 unspecified atom stereocenters. The van der Waals surface area contributed by atoms with Gasteiger partial charge in [-0.1, -0.05) is 34.1 Å². The topological polar surface area (TPSA) is 49.4 Å². The zero-order valence-corrected chi connectivity index (χ0v) is 13.7. The van der Waals surface area contributed by atoms with E-state index in [1.807, 2.05) is 13.8 Å². The number of nitrogens with zero attached hydrogens (tertiary/aromatic N) is 1. The van der Waals surface area contributed by atoms with Crippen molar-refractivity contribution in [3.63, 3.8) is 0 Å². The van der Waals surface area contributed by atoms with Gasteiger partial charge in [0, 0.05) is 19.1 Å². The molecule has 1 saturated heterocycles. The monoisotopic (exact) mass is 290 g/mol. The lowest BCUT2D eigenvalue weighted by Crippen LogP contribution is -2.51. The maximum atomic E-state index is 12.3. The van der Waals surface area contributed by atoms with Crippen LogP contribution in [-0.2, 0) is 10.0 Å². The molecule has 0 saturated carbocycles. The maximum Gasteiger partial charge on any atom is 0.214 e. The summed E-state index contributed by atoms with van der Waals surface area (Å²) in [7, 11) is -3.06. The van der Waals surface area contributed by atoms with E-state index in [1.165, 1.54) is 0 Å². The summed E-state index contributed by atoms with van der Waals surface area (Å²) in [6.07, 6.45) is 3.10. The second-order valence-electron chi connectivity index (χ2n) is 6.05. The SMILES string of the molecule is CCCNC1CCN(S(=O)(=O)CC(C)C)CC1CC. The number of piperidine rings is 1. The predicted molar refractivity (Wildman–Crippen MR) is 80.7 cm³/mol. The van der Waals surface area contributed by atoms with E-state index >= 15 is 0 Å². The average molecular weight is 290 g/mol.